The number of nitrogens with zero attached hydrogens (tertiary/aromatic N) is 1. The van der Waals surface area contributed by atoms with Crippen LogP contribution in [0.1, 0.15) is 31.7 Å². The number of para-hydroxylation sites is 1. The summed E-state index contributed by atoms with van der Waals surface area (Å²) in [5.41, 5.74) is 9.76. The highest BCUT2D eigenvalue weighted by atomic mass is 35.5. The Balaban J connectivity index is 0.00000182. The lowest BCUT2D eigenvalue weighted by atomic mass is 9.99. The van der Waals surface area contributed by atoms with E-state index < -0.39 is 0 Å². The fraction of sp³-hybridized carbons (Fsp3) is 0.381. The number of nitrogens with one attached hydrogen (secondary N) is 1. The molecule has 1 amide bonds. The third kappa shape index (κ3) is 6.64. The maximum absolute atomic E-state index is 12.3. The Morgan fingerprint density at radius 3 is 2.52 bits per heavy atom. The summed E-state index contributed by atoms with van der Waals surface area (Å²) in [4.78, 5) is 14.7. The quantitative estimate of drug-likeness (QED) is 0.688. The van der Waals surface area contributed by atoms with E-state index in [0.29, 0.717) is 12.8 Å². The maximum atomic E-state index is 12.3. The minimum absolute atomic E-state index is 0. The number of halogens is 2. The zero-order valence-electron chi connectivity index (χ0n) is 15.7. The van der Waals surface area contributed by atoms with Crippen molar-refractivity contribution in [3.05, 3.63) is 54.1 Å². The van der Waals surface area contributed by atoms with Gasteiger partial charge in [0.1, 0.15) is 0 Å². The van der Waals surface area contributed by atoms with Gasteiger partial charge in [-0.15, -0.1) is 24.8 Å². The maximum Gasteiger partial charge on any atom is 0.224 e. The van der Waals surface area contributed by atoms with Gasteiger partial charge < -0.3 is 16.0 Å². The molecule has 1 aliphatic heterocycles. The van der Waals surface area contributed by atoms with Gasteiger partial charge in [-0.2, -0.15) is 0 Å². The predicted molar refractivity (Wildman–Crippen MR) is 119 cm³/mol. The molecule has 0 aliphatic carbocycles. The van der Waals surface area contributed by atoms with Crippen LogP contribution in [0.4, 0.5) is 17.1 Å². The van der Waals surface area contributed by atoms with Crippen molar-refractivity contribution in [3.63, 3.8) is 0 Å². The molecule has 3 N–H and O–H groups in total. The number of carbonyl (C=O) groups excluding carboxylic acids is 1. The summed E-state index contributed by atoms with van der Waals surface area (Å²) in [5.74, 6) is 0.831. The molecule has 0 radical (unpaired) electrons. The Hall–Kier alpha value is -1.91. The average Bonchev–Trinajstić information content (AvgIpc) is 2.62. The van der Waals surface area contributed by atoms with Gasteiger partial charge in [-0.25, -0.2) is 0 Å². The molecule has 148 valence electrons. The number of hydrogen-bond acceptors (Lipinski definition) is 3. The molecule has 1 heterocycles. The van der Waals surface area contributed by atoms with Gasteiger partial charge in [-0.1, -0.05) is 31.2 Å². The number of nitrogens with two attached hydrogens (primary N) is 1. The monoisotopic (exact) mass is 409 g/mol. The number of aryl methyl sites for hydroxylation is 1. The predicted octanol–water partition coefficient (Wildman–Crippen LogP) is 4.92. The summed E-state index contributed by atoms with van der Waals surface area (Å²) in [7, 11) is 0. The summed E-state index contributed by atoms with van der Waals surface area (Å²) in [6, 6.07) is 15.9. The highest BCUT2D eigenvalue weighted by molar-refractivity contribution is 5.91. The molecule has 0 bridgehead atoms. The average molecular weight is 410 g/mol. The molecule has 0 spiro atoms. The van der Waals surface area contributed by atoms with E-state index in [0.717, 1.165) is 35.9 Å². The molecular weight excluding hydrogens is 381 g/mol. The zero-order valence-corrected chi connectivity index (χ0v) is 17.3. The van der Waals surface area contributed by atoms with E-state index >= 15 is 0 Å². The first-order chi connectivity index (χ1) is 12.1. The summed E-state index contributed by atoms with van der Waals surface area (Å²) in [6.07, 6.45) is 3.55. The second kappa shape index (κ2) is 11.1. The Morgan fingerprint density at radius 1 is 1.11 bits per heavy atom. The molecule has 27 heavy (non-hydrogen) atoms. The molecule has 0 aromatic heterocycles. The first-order valence-electron chi connectivity index (χ1n) is 9.10. The molecule has 1 fully saturated rings. The lowest BCUT2D eigenvalue weighted by molar-refractivity contribution is -0.116. The Bertz CT molecular complexity index is 731. The summed E-state index contributed by atoms with van der Waals surface area (Å²) < 4.78 is 0. The second-order valence-electron chi connectivity index (χ2n) is 6.97. The van der Waals surface area contributed by atoms with Crippen molar-refractivity contribution in [1.82, 2.24) is 0 Å². The molecule has 6 heteroatoms. The van der Waals surface area contributed by atoms with Crippen LogP contribution in [-0.4, -0.2) is 19.0 Å². The van der Waals surface area contributed by atoms with Crippen LogP contribution in [0.3, 0.4) is 0 Å². The molecule has 4 nitrogen and oxygen atoms in total. The van der Waals surface area contributed by atoms with Crippen molar-refractivity contribution in [1.29, 1.82) is 0 Å². The number of nitrogen functional groups attached to an aromatic ring is 1. The second-order valence-corrected chi connectivity index (χ2v) is 6.97. The van der Waals surface area contributed by atoms with Crippen molar-refractivity contribution in [2.24, 2.45) is 5.92 Å². The number of benzene rings is 2. The summed E-state index contributed by atoms with van der Waals surface area (Å²) in [6.45, 7) is 4.49. The fourth-order valence-corrected chi connectivity index (χ4v) is 3.28. The number of amides is 1. The lowest BCUT2D eigenvalue weighted by Gasteiger charge is -2.32. The van der Waals surface area contributed by atoms with Crippen molar-refractivity contribution >= 4 is 47.8 Å². The normalized spacial score (nSPS) is 14.0. The van der Waals surface area contributed by atoms with Gasteiger partial charge in [0.05, 0.1) is 0 Å². The van der Waals surface area contributed by atoms with E-state index in [-0.39, 0.29) is 30.7 Å². The molecule has 0 unspecified atom stereocenters. The minimum atomic E-state index is 0. The van der Waals surface area contributed by atoms with Crippen LogP contribution in [0.15, 0.2) is 48.5 Å². The number of rotatable bonds is 5. The van der Waals surface area contributed by atoms with Crippen molar-refractivity contribution < 1.29 is 4.79 Å². The standard InChI is InChI=1S/C21H27N3O.2ClH/c1-16-11-13-24(14-12-16)19-7-4-6-18(15-19)23-21(25)10-9-17-5-2-3-8-20(17)22;;/h2-8,15-16H,9-14,22H2,1H3,(H,23,25);2*1H. The highest BCUT2D eigenvalue weighted by Gasteiger charge is 2.16. The number of carbonyl (C=O) groups is 1. The summed E-state index contributed by atoms with van der Waals surface area (Å²) >= 11 is 0. The topological polar surface area (TPSA) is 58.4 Å². The van der Waals surface area contributed by atoms with Gasteiger partial charge in [-0.3, -0.25) is 4.79 Å². The molecule has 0 atom stereocenters. The summed E-state index contributed by atoms with van der Waals surface area (Å²) in [5, 5.41) is 3.01. The van der Waals surface area contributed by atoms with Crippen molar-refractivity contribution in [2.75, 3.05) is 29.0 Å². The third-order valence-corrected chi connectivity index (χ3v) is 4.96. The highest BCUT2D eigenvalue weighted by Crippen LogP contribution is 2.25. The van der Waals surface area contributed by atoms with Gasteiger partial charge in [0.15, 0.2) is 0 Å². The van der Waals surface area contributed by atoms with Gasteiger partial charge in [0, 0.05) is 36.6 Å². The Labute approximate surface area is 174 Å². The van der Waals surface area contributed by atoms with Crippen LogP contribution in [0.25, 0.3) is 0 Å². The Kier molecular flexibility index (Phi) is 9.47. The van der Waals surface area contributed by atoms with Gasteiger partial charge in [0.25, 0.3) is 0 Å². The smallest absolute Gasteiger partial charge is 0.224 e. The minimum Gasteiger partial charge on any atom is -0.399 e. The van der Waals surface area contributed by atoms with Crippen LogP contribution in [-0.2, 0) is 11.2 Å². The van der Waals surface area contributed by atoms with Gasteiger partial charge in [-0.05, 0) is 55.0 Å². The largest absolute Gasteiger partial charge is 0.399 e. The van der Waals surface area contributed by atoms with Gasteiger partial charge in [0.2, 0.25) is 5.91 Å². The molecular formula is C21H29Cl2N3O. The number of anilines is 3. The number of hydrogen-bond donors (Lipinski definition) is 2. The first-order valence-corrected chi connectivity index (χ1v) is 9.10. The molecule has 2 aromatic carbocycles. The lowest BCUT2D eigenvalue weighted by Crippen LogP contribution is -2.32. The van der Waals surface area contributed by atoms with E-state index in [4.69, 9.17) is 5.73 Å². The van der Waals surface area contributed by atoms with Crippen LogP contribution in [0.5, 0.6) is 0 Å². The molecule has 0 saturated carbocycles. The number of piperidine rings is 1. The van der Waals surface area contributed by atoms with Gasteiger partial charge >= 0.3 is 0 Å². The molecule has 2 aromatic rings. The SMILES string of the molecule is CC1CCN(c2cccc(NC(=O)CCc3ccccc3N)c2)CC1.Cl.Cl. The van der Waals surface area contributed by atoms with Crippen LogP contribution in [0.2, 0.25) is 0 Å². The first kappa shape index (κ1) is 23.1. The van der Waals surface area contributed by atoms with Crippen molar-refractivity contribution in [3.8, 4) is 0 Å². The molecule has 1 aliphatic rings. The van der Waals surface area contributed by atoms with E-state index in [1.54, 1.807) is 0 Å². The van der Waals surface area contributed by atoms with E-state index in [1.165, 1.54) is 18.5 Å². The van der Waals surface area contributed by atoms with E-state index in [2.05, 4.69) is 29.3 Å². The van der Waals surface area contributed by atoms with Crippen LogP contribution < -0.4 is 16.0 Å². The van der Waals surface area contributed by atoms with E-state index in [1.807, 2.05) is 36.4 Å². The van der Waals surface area contributed by atoms with Crippen molar-refractivity contribution in [2.45, 2.75) is 32.6 Å². The Morgan fingerprint density at radius 2 is 1.81 bits per heavy atom. The molecule has 1 saturated heterocycles. The third-order valence-electron chi connectivity index (χ3n) is 4.96. The zero-order chi connectivity index (χ0) is 17.6. The molecule has 3 rings (SSSR count). The van der Waals surface area contributed by atoms with Crippen LogP contribution >= 0.6 is 24.8 Å². The van der Waals surface area contributed by atoms with Crippen LogP contribution in [0, 0.1) is 5.92 Å². The van der Waals surface area contributed by atoms with E-state index in [9.17, 15) is 4.79 Å². The fourth-order valence-electron chi connectivity index (χ4n) is 3.28.